The summed E-state index contributed by atoms with van der Waals surface area (Å²) in [5.74, 6) is -3.25. The van der Waals surface area contributed by atoms with Crippen molar-refractivity contribution in [3.05, 3.63) is 35.7 Å². The van der Waals surface area contributed by atoms with Crippen molar-refractivity contribution in [1.82, 2.24) is 15.5 Å². The number of nitrogens with zero attached hydrogens (tertiary/aromatic N) is 2. The topological polar surface area (TPSA) is 94.3 Å². The Balaban J connectivity index is 1.71. The molecule has 1 aliphatic heterocycles. The van der Waals surface area contributed by atoms with E-state index in [0.29, 0.717) is 13.2 Å². The largest absolute Gasteiger partial charge is 0.471 e. The van der Waals surface area contributed by atoms with Gasteiger partial charge in [-0.3, -0.25) is 9.59 Å². The summed E-state index contributed by atoms with van der Waals surface area (Å²) < 4.78 is 46.3. The first kappa shape index (κ1) is 16.1. The van der Waals surface area contributed by atoms with Gasteiger partial charge in [-0.15, -0.1) is 0 Å². The van der Waals surface area contributed by atoms with Crippen molar-refractivity contribution in [2.75, 3.05) is 13.2 Å². The third-order valence-electron chi connectivity index (χ3n) is 3.25. The third-order valence-corrected chi connectivity index (χ3v) is 3.25. The highest BCUT2D eigenvalue weighted by molar-refractivity contribution is 6.42. The second kappa shape index (κ2) is 6.04. The van der Waals surface area contributed by atoms with Crippen molar-refractivity contribution >= 4 is 11.7 Å². The maximum Gasteiger partial charge on any atom is 0.471 e. The maximum absolute atomic E-state index is 12.4. The van der Waals surface area contributed by atoms with Crippen LogP contribution in [-0.4, -0.2) is 41.1 Å². The minimum absolute atomic E-state index is 0.0935. The third kappa shape index (κ3) is 3.27. The van der Waals surface area contributed by atoms with Crippen molar-refractivity contribution in [2.45, 2.75) is 12.2 Å². The molecule has 3 rings (SSSR count). The van der Waals surface area contributed by atoms with Gasteiger partial charge in [-0.2, -0.15) is 18.2 Å². The molecule has 2 aromatic rings. The standard InChI is InChI=1S/C14H10F3N3O4/c15-14(16,17)13-19-11(20-24-13)8-3-1-7(2-4-8)10(21)12(22)18-9-5-23-6-9/h1-4,9H,5-6H2,(H,18,22). The quantitative estimate of drug-likeness (QED) is 0.668. The Morgan fingerprint density at radius 1 is 1.17 bits per heavy atom. The van der Waals surface area contributed by atoms with Gasteiger partial charge >= 0.3 is 12.1 Å². The van der Waals surface area contributed by atoms with E-state index in [1.807, 2.05) is 0 Å². The number of ether oxygens (including phenoxy) is 1. The Morgan fingerprint density at radius 2 is 1.83 bits per heavy atom. The zero-order valence-electron chi connectivity index (χ0n) is 12.0. The van der Waals surface area contributed by atoms with Crippen LogP contribution in [0, 0.1) is 0 Å². The number of benzene rings is 1. The van der Waals surface area contributed by atoms with E-state index < -0.39 is 23.8 Å². The summed E-state index contributed by atoms with van der Waals surface area (Å²) in [4.78, 5) is 26.9. The predicted octanol–water partition coefficient (Wildman–Crippen LogP) is 1.45. The van der Waals surface area contributed by atoms with Gasteiger partial charge in [0, 0.05) is 11.1 Å². The van der Waals surface area contributed by atoms with E-state index in [2.05, 4.69) is 20.0 Å². The number of rotatable bonds is 4. The zero-order valence-corrected chi connectivity index (χ0v) is 12.0. The Labute approximate surface area is 132 Å². The fourth-order valence-corrected chi connectivity index (χ4v) is 1.93. The molecule has 126 valence electrons. The molecule has 1 amide bonds. The van der Waals surface area contributed by atoms with E-state index in [1.54, 1.807) is 0 Å². The predicted molar refractivity (Wildman–Crippen MR) is 71.8 cm³/mol. The number of aromatic nitrogens is 2. The molecule has 0 atom stereocenters. The number of alkyl halides is 3. The first-order valence-corrected chi connectivity index (χ1v) is 6.79. The van der Waals surface area contributed by atoms with Crippen molar-refractivity contribution in [3.8, 4) is 11.4 Å². The first-order valence-electron chi connectivity index (χ1n) is 6.79. The summed E-state index contributed by atoms with van der Waals surface area (Å²) in [6.45, 7) is 0.717. The maximum atomic E-state index is 12.4. The molecule has 0 unspecified atom stereocenters. The molecule has 1 aromatic carbocycles. The van der Waals surface area contributed by atoms with E-state index in [4.69, 9.17) is 4.74 Å². The molecule has 0 radical (unpaired) electrons. The number of hydrogen-bond donors (Lipinski definition) is 1. The van der Waals surface area contributed by atoms with Gasteiger partial charge in [0.05, 0.1) is 19.3 Å². The summed E-state index contributed by atoms with van der Waals surface area (Å²) in [6, 6.07) is 5.09. The van der Waals surface area contributed by atoms with Crippen LogP contribution in [0.1, 0.15) is 16.2 Å². The van der Waals surface area contributed by atoms with Crippen LogP contribution in [0.4, 0.5) is 13.2 Å². The molecule has 1 N–H and O–H groups in total. The Bertz CT molecular complexity index is 766. The summed E-state index contributed by atoms with van der Waals surface area (Å²) in [7, 11) is 0. The number of nitrogens with one attached hydrogen (secondary N) is 1. The van der Waals surface area contributed by atoms with Crippen LogP contribution >= 0.6 is 0 Å². The van der Waals surface area contributed by atoms with Gasteiger partial charge < -0.3 is 14.6 Å². The lowest BCUT2D eigenvalue weighted by atomic mass is 10.1. The molecule has 1 fully saturated rings. The van der Waals surface area contributed by atoms with Gasteiger partial charge in [0.2, 0.25) is 11.6 Å². The molecular formula is C14H10F3N3O4. The summed E-state index contributed by atoms with van der Waals surface area (Å²) >= 11 is 0. The molecule has 1 aromatic heterocycles. The fraction of sp³-hybridized carbons (Fsp3) is 0.286. The van der Waals surface area contributed by atoms with Gasteiger partial charge in [0.1, 0.15) is 0 Å². The second-order valence-electron chi connectivity index (χ2n) is 5.04. The molecule has 24 heavy (non-hydrogen) atoms. The minimum Gasteiger partial charge on any atom is -0.377 e. The fourth-order valence-electron chi connectivity index (χ4n) is 1.93. The van der Waals surface area contributed by atoms with E-state index in [-0.39, 0.29) is 23.0 Å². The van der Waals surface area contributed by atoms with Crippen molar-refractivity contribution in [1.29, 1.82) is 0 Å². The van der Waals surface area contributed by atoms with Gasteiger partial charge in [-0.05, 0) is 0 Å². The normalized spacial score (nSPS) is 15.0. The van der Waals surface area contributed by atoms with E-state index in [9.17, 15) is 22.8 Å². The number of ketones is 1. The average molecular weight is 341 g/mol. The van der Waals surface area contributed by atoms with Gasteiger partial charge in [-0.1, -0.05) is 29.4 Å². The summed E-state index contributed by atoms with van der Waals surface area (Å²) in [5, 5.41) is 5.74. The average Bonchev–Trinajstić information content (AvgIpc) is 3.00. The van der Waals surface area contributed by atoms with Crippen LogP contribution in [0.5, 0.6) is 0 Å². The molecule has 1 aliphatic rings. The smallest absolute Gasteiger partial charge is 0.377 e. The van der Waals surface area contributed by atoms with E-state index in [0.717, 1.165) is 0 Å². The van der Waals surface area contributed by atoms with Gasteiger partial charge in [-0.25, -0.2) is 0 Å². The van der Waals surface area contributed by atoms with Crippen LogP contribution in [0.15, 0.2) is 28.8 Å². The van der Waals surface area contributed by atoms with Crippen molar-refractivity contribution in [3.63, 3.8) is 0 Å². The first-order chi connectivity index (χ1) is 11.3. The Morgan fingerprint density at radius 3 is 2.33 bits per heavy atom. The molecule has 0 aliphatic carbocycles. The highest BCUT2D eigenvalue weighted by Gasteiger charge is 2.38. The van der Waals surface area contributed by atoms with Crippen LogP contribution in [0.25, 0.3) is 11.4 Å². The number of amides is 1. The summed E-state index contributed by atoms with van der Waals surface area (Å²) in [6.07, 6.45) is -4.73. The van der Waals surface area contributed by atoms with Crippen molar-refractivity contribution < 1.29 is 32.0 Å². The van der Waals surface area contributed by atoms with Crippen LogP contribution in [0.3, 0.4) is 0 Å². The zero-order chi connectivity index (χ0) is 17.3. The summed E-state index contributed by atoms with van der Waals surface area (Å²) in [5.41, 5.74) is 0.314. The number of carbonyl (C=O) groups is 2. The number of carbonyl (C=O) groups excluding carboxylic acids is 2. The highest BCUT2D eigenvalue weighted by atomic mass is 19.4. The van der Waals surface area contributed by atoms with Crippen LogP contribution in [-0.2, 0) is 15.7 Å². The number of halogens is 3. The Kier molecular flexibility index (Phi) is 4.06. The van der Waals surface area contributed by atoms with Crippen LogP contribution < -0.4 is 5.32 Å². The molecule has 7 nitrogen and oxygen atoms in total. The monoisotopic (exact) mass is 341 g/mol. The van der Waals surface area contributed by atoms with E-state index in [1.165, 1.54) is 24.3 Å². The lowest BCUT2D eigenvalue weighted by molar-refractivity contribution is -0.159. The minimum atomic E-state index is -4.73. The second-order valence-corrected chi connectivity index (χ2v) is 5.04. The SMILES string of the molecule is O=C(NC1COC1)C(=O)c1ccc(-c2noc(C(F)(F)F)n2)cc1. The highest BCUT2D eigenvalue weighted by Crippen LogP contribution is 2.29. The molecule has 0 bridgehead atoms. The molecule has 0 spiro atoms. The Hall–Kier alpha value is -2.75. The molecule has 10 heteroatoms. The van der Waals surface area contributed by atoms with Gasteiger partial charge in [0.25, 0.3) is 5.91 Å². The van der Waals surface area contributed by atoms with Crippen LogP contribution in [0.2, 0.25) is 0 Å². The number of Topliss-reactive ketones (excluding diaryl/α,β-unsaturated/α-hetero) is 1. The lowest BCUT2D eigenvalue weighted by Gasteiger charge is -2.26. The lowest BCUT2D eigenvalue weighted by Crippen LogP contribution is -2.50. The molecule has 1 saturated heterocycles. The van der Waals surface area contributed by atoms with E-state index >= 15 is 0 Å². The molecule has 2 heterocycles. The van der Waals surface area contributed by atoms with Gasteiger partial charge in [0.15, 0.2) is 0 Å². The van der Waals surface area contributed by atoms with Crippen molar-refractivity contribution in [2.24, 2.45) is 0 Å². The molecule has 0 saturated carbocycles. The number of hydrogen-bond acceptors (Lipinski definition) is 6. The molecular weight excluding hydrogens is 331 g/mol.